The fraction of sp³-hybridized carbons (Fsp3) is 0.481. The molecule has 33 heavy (non-hydrogen) atoms. The summed E-state index contributed by atoms with van der Waals surface area (Å²) in [5, 5.41) is 3.15. The van der Waals surface area contributed by atoms with Gasteiger partial charge in [0.2, 0.25) is 11.8 Å². The highest BCUT2D eigenvalue weighted by molar-refractivity contribution is 5.87. The van der Waals surface area contributed by atoms with Crippen molar-refractivity contribution in [3.8, 4) is 11.5 Å². The van der Waals surface area contributed by atoms with Crippen molar-refractivity contribution < 1.29 is 19.1 Å². The van der Waals surface area contributed by atoms with Crippen LogP contribution in [0.4, 0.5) is 0 Å². The smallest absolute Gasteiger partial charge is 0.242 e. The second-order valence-electron chi connectivity index (χ2n) is 8.86. The molecule has 2 aromatic carbocycles. The lowest BCUT2D eigenvalue weighted by Crippen LogP contribution is -2.49. The van der Waals surface area contributed by atoms with Crippen molar-refractivity contribution in [1.29, 1.82) is 0 Å². The van der Waals surface area contributed by atoms with E-state index < -0.39 is 6.04 Å². The van der Waals surface area contributed by atoms with Crippen LogP contribution in [0.25, 0.3) is 0 Å². The van der Waals surface area contributed by atoms with E-state index in [1.807, 2.05) is 56.3 Å². The van der Waals surface area contributed by atoms with Gasteiger partial charge in [0.05, 0.1) is 14.2 Å². The Morgan fingerprint density at radius 1 is 1.00 bits per heavy atom. The molecule has 0 aliphatic heterocycles. The first kappa shape index (κ1) is 24.6. The Labute approximate surface area is 197 Å². The highest BCUT2D eigenvalue weighted by Crippen LogP contribution is 2.28. The molecule has 178 valence electrons. The highest BCUT2D eigenvalue weighted by atomic mass is 16.5. The lowest BCUT2D eigenvalue weighted by Gasteiger charge is -2.30. The standard InChI is InChI=1S/C27H36N2O4/c1-19-9-11-22(12-10-19)18-29(20(2)27(31)28-23-7-5-6-8-23)26(30)16-14-21-13-15-24(32-3)25(17-21)33-4/h9-13,15,17,20,23H,5-8,14,16,18H2,1-4H3,(H,28,31). The number of benzene rings is 2. The summed E-state index contributed by atoms with van der Waals surface area (Å²) in [7, 11) is 3.20. The number of hydrogen-bond acceptors (Lipinski definition) is 4. The van der Waals surface area contributed by atoms with Gasteiger partial charge in [-0.15, -0.1) is 0 Å². The quantitative estimate of drug-likeness (QED) is 0.579. The van der Waals surface area contributed by atoms with E-state index in [4.69, 9.17) is 9.47 Å². The molecule has 1 aliphatic carbocycles. The highest BCUT2D eigenvalue weighted by Gasteiger charge is 2.28. The van der Waals surface area contributed by atoms with E-state index in [2.05, 4.69) is 5.32 Å². The maximum atomic E-state index is 13.3. The molecule has 1 atom stereocenters. The summed E-state index contributed by atoms with van der Waals surface area (Å²) in [4.78, 5) is 28.0. The van der Waals surface area contributed by atoms with Crippen molar-refractivity contribution in [2.75, 3.05) is 14.2 Å². The number of hydrogen-bond donors (Lipinski definition) is 1. The fourth-order valence-corrected chi connectivity index (χ4v) is 4.30. The molecular weight excluding hydrogens is 416 g/mol. The lowest BCUT2D eigenvalue weighted by molar-refractivity contribution is -0.140. The maximum Gasteiger partial charge on any atom is 0.242 e. The molecule has 0 aromatic heterocycles. The summed E-state index contributed by atoms with van der Waals surface area (Å²) in [5.41, 5.74) is 3.16. The van der Waals surface area contributed by atoms with E-state index in [9.17, 15) is 9.59 Å². The minimum atomic E-state index is -0.537. The number of ether oxygens (including phenoxy) is 2. The summed E-state index contributed by atoms with van der Waals surface area (Å²) in [6.45, 7) is 4.27. The molecule has 0 radical (unpaired) electrons. The molecule has 0 saturated heterocycles. The Bertz CT molecular complexity index is 936. The van der Waals surface area contributed by atoms with Crippen molar-refractivity contribution in [3.63, 3.8) is 0 Å². The number of methoxy groups -OCH3 is 2. The summed E-state index contributed by atoms with van der Waals surface area (Å²) < 4.78 is 10.7. The fourth-order valence-electron chi connectivity index (χ4n) is 4.30. The van der Waals surface area contributed by atoms with Crippen LogP contribution in [0, 0.1) is 6.92 Å². The molecule has 3 rings (SSSR count). The third kappa shape index (κ3) is 6.73. The Kier molecular flexibility index (Phi) is 8.75. The number of amides is 2. The van der Waals surface area contributed by atoms with Crippen molar-refractivity contribution in [1.82, 2.24) is 10.2 Å². The third-order valence-corrected chi connectivity index (χ3v) is 6.42. The summed E-state index contributed by atoms with van der Waals surface area (Å²) in [6.07, 6.45) is 5.20. The number of rotatable bonds is 10. The van der Waals surface area contributed by atoms with Crippen LogP contribution in [0.15, 0.2) is 42.5 Å². The van der Waals surface area contributed by atoms with Crippen LogP contribution in [-0.4, -0.2) is 43.0 Å². The Morgan fingerprint density at radius 3 is 2.27 bits per heavy atom. The first-order valence-electron chi connectivity index (χ1n) is 11.8. The number of aryl methyl sites for hydroxylation is 2. The average molecular weight is 453 g/mol. The van der Waals surface area contributed by atoms with Gasteiger partial charge in [-0.3, -0.25) is 9.59 Å². The minimum absolute atomic E-state index is 0.0422. The lowest BCUT2D eigenvalue weighted by atomic mass is 10.1. The monoisotopic (exact) mass is 452 g/mol. The summed E-state index contributed by atoms with van der Waals surface area (Å²) in [5.74, 6) is 1.18. The van der Waals surface area contributed by atoms with Crippen LogP contribution in [0.5, 0.6) is 11.5 Å². The van der Waals surface area contributed by atoms with Crippen LogP contribution in [0.3, 0.4) is 0 Å². The first-order chi connectivity index (χ1) is 15.9. The molecule has 6 nitrogen and oxygen atoms in total. The van der Waals surface area contributed by atoms with Crippen molar-refractivity contribution in [2.45, 2.75) is 71.0 Å². The number of carbonyl (C=O) groups excluding carboxylic acids is 2. The summed E-state index contributed by atoms with van der Waals surface area (Å²) in [6, 6.07) is 13.5. The molecule has 1 unspecified atom stereocenters. The van der Waals surface area contributed by atoms with Crippen LogP contribution in [0.1, 0.15) is 55.7 Å². The van der Waals surface area contributed by atoms with E-state index in [0.717, 1.165) is 42.4 Å². The van der Waals surface area contributed by atoms with Gasteiger partial charge in [-0.2, -0.15) is 0 Å². The molecule has 1 aliphatic rings. The molecule has 1 fully saturated rings. The van der Waals surface area contributed by atoms with Gasteiger partial charge in [-0.25, -0.2) is 0 Å². The Morgan fingerprint density at radius 2 is 1.64 bits per heavy atom. The van der Waals surface area contributed by atoms with Gasteiger partial charge >= 0.3 is 0 Å². The molecule has 6 heteroatoms. The molecule has 2 amide bonds. The second kappa shape index (κ2) is 11.7. The van der Waals surface area contributed by atoms with Gasteiger partial charge in [-0.05, 0) is 56.4 Å². The van der Waals surface area contributed by atoms with Gasteiger partial charge in [0, 0.05) is 19.0 Å². The number of nitrogens with zero attached hydrogens (tertiary/aromatic N) is 1. The third-order valence-electron chi connectivity index (χ3n) is 6.42. The van der Waals surface area contributed by atoms with Crippen LogP contribution >= 0.6 is 0 Å². The average Bonchev–Trinajstić information content (AvgIpc) is 3.34. The zero-order chi connectivity index (χ0) is 23.8. The minimum Gasteiger partial charge on any atom is -0.493 e. The molecule has 1 saturated carbocycles. The predicted octanol–water partition coefficient (Wildman–Crippen LogP) is 4.42. The summed E-state index contributed by atoms with van der Waals surface area (Å²) >= 11 is 0. The van der Waals surface area contributed by atoms with Gasteiger partial charge in [0.1, 0.15) is 6.04 Å². The Balaban J connectivity index is 1.71. The molecular formula is C27H36N2O4. The molecule has 0 heterocycles. The van der Waals surface area contributed by atoms with Crippen LogP contribution in [0.2, 0.25) is 0 Å². The number of nitrogens with one attached hydrogen (secondary N) is 1. The van der Waals surface area contributed by atoms with Crippen LogP contribution in [-0.2, 0) is 22.6 Å². The van der Waals surface area contributed by atoms with E-state index >= 15 is 0 Å². The van der Waals surface area contributed by atoms with Gasteiger partial charge < -0.3 is 19.7 Å². The molecule has 0 bridgehead atoms. The SMILES string of the molecule is COc1ccc(CCC(=O)N(Cc2ccc(C)cc2)C(C)C(=O)NC2CCCC2)cc1OC. The Hall–Kier alpha value is -3.02. The normalized spacial score (nSPS) is 14.5. The molecule has 2 aromatic rings. The maximum absolute atomic E-state index is 13.3. The van der Waals surface area contributed by atoms with Gasteiger partial charge in [-0.1, -0.05) is 48.7 Å². The van der Waals surface area contributed by atoms with E-state index in [0.29, 0.717) is 30.9 Å². The van der Waals surface area contributed by atoms with Crippen LogP contribution < -0.4 is 14.8 Å². The number of carbonyl (C=O) groups is 2. The zero-order valence-corrected chi connectivity index (χ0v) is 20.2. The molecule has 0 spiro atoms. The van der Waals surface area contributed by atoms with Gasteiger partial charge in [0.15, 0.2) is 11.5 Å². The topological polar surface area (TPSA) is 67.9 Å². The van der Waals surface area contributed by atoms with Crippen molar-refractivity contribution in [3.05, 3.63) is 59.2 Å². The van der Waals surface area contributed by atoms with Crippen molar-refractivity contribution in [2.24, 2.45) is 0 Å². The first-order valence-corrected chi connectivity index (χ1v) is 11.8. The largest absolute Gasteiger partial charge is 0.493 e. The van der Waals surface area contributed by atoms with E-state index in [1.54, 1.807) is 19.1 Å². The predicted molar refractivity (Wildman–Crippen MR) is 129 cm³/mol. The zero-order valence-electron chi connectivity index (χ0n) is 20.2. The second-order valence-corrected chi connectivity index (χ2v) is 8.86. The van der Waals surface area contributed by atoms with E-state index in [-0.39, 0.29) is 17.9 Å². The van der Waals surface area contributed by atoms with Crippen molar-refractivity contribution >= 4 is 11.8 Å². The molecule has 1 N–H and O–H groups in total. The van der Waals surface area contributed by atoms with Gasteiger partial charge in [0.25, 0.3) is 0 Å². The van der Waals surface area contributed by atoms with E-state index in [1.165, 1.54) is 0 Å².